The van der Waals surface area contributed by atoms with E-state index in [1.54, 1.807) is 0 Å². The summed E-state index contributed by atoms with van der Waals surface area (Å²) in [6, 6.07) is 4.78. The number of piperidine rings is 1. The van der Waals surface area contributed by atoms with Gasteiger partial charge in [0.25, 0.3) is 0 Å². The summed E-state index contributed by atoms with van der Waals surface area (Å²) in [6.07, 6.45) is 2.97. The molecule has 2 unspecified atom stereocenters. The van der Waals surface area contributed by atoms with Gasteiger partial charge >= 0.3 is 0 Å². The number of likely N-dealkylation sites (tertiary alicyclic amines) is 1. The van der Waals surface area contributed by atoms with Crippen molar-refractivity contribution in [2.75, 3.05) is 33.7 Å². The molecular formula is C15H25N3OS. The van der Waals surface area contributed by atoms with Gasteiger partial charge in [-0.1, -0.05) is 6.07 Å². The summed E-state index contributed by atoms with van der Waals surface area (Å²) < 4.78 is 0. The van der Waals surface area contributed by atoms with E-state index >= 15 is 0 Å². The Morgan fingerprint density at radius 1 is 1.55 bits per heavy atom. The normalized spacial score (nSPS) is 23.7. The summed E-state index contributed by atoms with van der Waals surface area (Å²) in [7, 11) is 4.07. The van der Waals surface area contributed by atoms with Crippen LogP contribution in [0.25, 0.3) is 0 Å². The van der Waals surface area contributed by atoms with E-state index in [0.29, 0.717) is 18.4 Å². The predicted molar refractivity (Wildman–Crippen MR) is 84.0 cm³/mol. The van der Waals surface area contributed by atoms with Gasteiger partial charge in [-0.25, -0.2) is 0 Å². The lowest BCUT2D eigenvalue weighted by molar-refractivity contribution is -0.121. The van der Waals surface area contributed by atoms with Crippen LogP contribution in [0.2, 0.25) is 0 Å². The van der Waals surface area contributed by atoms with Gasteiger partial charge in [0, 0.05) is 30.4 Å². The monoisotopic (exact) mass is 295 g/mol. The molecule has 2 atom stereocenters. The Hall–Kier alpha value is -0.910. The summed E-state index contributed by atoms with van der Waals surface area (Å²) in [5.74, 6) is 0.670. The van der Waals surface area contributed by atoms with E-state index in [-0.39, 0.29) is 5.91 Å². The SMILES string of the molecule is CNCCC(=O)NCC1CCCN(C)C1c1cccs1. The molecule has 0 aromatic carbocycles. The third-order valence-corrected chi connectivity index (χ3v) is 4.95. The van der Waals surface area contributed by atoms with Gasteiger partial charge < -0.3 is 10.6 Å². The minimum Gasteiger partial charge on any atom is -0.356 e. The minimum absolute atomic E-state index is 0.150. The van der Waals surface area contributed by atoms with Gasteiger partial charge in [-0.05, 0) is 50.8 Å². The topological polar surface area (TPSA) is 44.4 Å². The molecular weight excluding hydrogens is 270 g/mol. The van der Waals surface area contributed by atoms with Crippen molar-refractivity contribution in [2.24, 2.45) is 5.92 Å². The maximum absolute atomic E-state index is 11.8. The molecule has 1 aliphatic heterocycles. The number of thiophene rings is 1. The van der Waals surface area contributed by atoms with Gasteiger partial charge in [-0.15, -0.1) is 11.3 Å². The van der Waals surface area contributed by atoms with Crippen LogP contribution in [0.15, 0.2) is 17.5 Å². The molecule has 2 rings (SSSR count). The molecule has 112 valence electrons. The Bertz CT molecular complexity index is 407. The molecule has 1 amide bonds. The van der Waals surface area contributed by atoms with E-state index in [0.717, 1.165) is 19.6 Å². The highest BCUT2D eigenvalue weighted by molar-refractivity contribution is 7.10. The third-order valence-electron chi connectivity index (χ3n) is 4.01. The zero-order valence-electron chi connectivity index (χ0n) is 12.4. The summed E-state index contributed by atoms with van der Waals surface area (Å²) >= 11 is 1.82. The molecule has 0 spiro atoms. The van der Waals surface area contributed by atoms with Crippen LogP contribution < -0.4 is 10.6 Å². The Morgan fingerprint density at radius 2 is 2.40 bits per heavy atom. The van der Waals surface area contributed by atoms with Crippen molar-refractivity contribution in [3.05, 3.63) is 22.4 Å². The summed E-state index contributed by atoms with van der Waals surface area (Å²) in [5.41, 5.74) is 0. The number of nitrogens with one attached hydrogen (secondary N) is 2. The van der Waals surface area contributed by atoms with Gasteiger partial charge in [0.05, 0.1) is 0 Å². The van der Waals surface area contributed by atoms with Crippen LogP contribution in [0, 0.1) is 5.92 Å². The van der Waals surface area contributed by atoms with Gasteiger partial charge in [0.15, 0.2) is 0 Å². The van der Waals surface area contributed by atoms with Gasteiger partial charge in [-0.2, -0.15) is 0 Å². The number of carbonyl (C=O) groups excluding carboxylic acids is 1. The molecule has 2 N–H and O–H groups in total. The largest absolute Gasteiger partial charge is 0.356 e. The summed E-state index contributed by atoms with van der Waals surface area (Å²) in [4.78, 5) is 15.6. The molecule has 2 heterocycles. The molecule has 0 bridgehead atoms. The lowest BCUT2D eigenvalue weighted by Crippen LogP contribution is -2.41. The fourth-order valence-corrected chi connectivity index (χ4v) is 3.94. The van der Waals surface area contributed by atoms with E-state index in [1.807, 2.05) is 18.4 Å². The molecule has 5 heteroatoms. The van der Waals surface area contributed by atoms with Crippen LogP contribution in [-0.2, 0) is 4.79 Å². The van der Waals surface area contributed by atoms with Crippen molar-refractivity contribution in [2.45, 2.75) is 25.3 Å². The zero-order chi connectivity index (χ0) is 14.4. The van der Waals surface area contributed by atoms with E-state index in [4.69, 9.17) is 0 Å². The van der Waals surface area contributed by atoms with Gasteiger partial charge in [-0.3, -0.25) is 9.69 Å². The standard InChI is InChI=1S/C15H25N3OS/c1-16-8-7-14(19)17-11-12-5-3-9-18(2)15(12)13-6-4-10-20-13/h4,6,10,12,15-16H,3,5,7-9,11H2,1-2H3,(H,17,19). The molecule has 0 saturated carbocycles. The van der Waals surface area contributed by atoms with Crippen molar-refractivity contribution >= 4 is 17.2 Å². The second-order valence-electron chi connectivity index (χ2n) is 5.50. The molecule has 1 aromatic heterocycles. The molecule has 1 saturated heterocycles. The predicted octanol–water partition coefficient (Wildman–Crippen LogP) is 1.86. The second kappa shape index (κ2) is 7.76. The Balaban J connectivity index is 1.92. The minimum atomic E-state index is 0.150. The quantitative estimate of drug-likeness (QED) is 0.842. The number of hydrogen-bond donors (Lipinski definition) is 2. The Kier molecular flexibility index (Phi) is 6.01. The Labute approximate surface area is 125 Å². The van der Waals surface area contributed by atoms with Crippen LogP contribution in [0.4, 0.5) is 0 Å². The Morgan fingerprint density at radius 3 is 3.10 bits per heavy atom. The first-order valence-electron chi connectivity index (χ1n) is 7.37. The fraction of sp³-hybridized carbons (Fsp3) is 0.667. The average molecular weight is 295 g/mol. The van der Waals surface area contributed by atoms with Crippen molar-refractivity contribution in [1.82, 2.24) is 15.5 Å². The smallest absolute Gasteiger partial charge is 0.221 e. The van der Waals surface area contributed by atoms with Crippen LogP contribution in [-0.4, -0.2) is 44.5 Å². The highest BCUT2D eigenvalue weighted by atomic mass is 32.1. The van der Waals surface area contributed by atoms with E-state index < -0.39 is 0 Å². The second-order valence-corrected chi connectivity index (χ2v) is 6.48. The highest BCUT2D eigenvalue weighted by Crippen LogP contribution is 2.36. The molecule has 1 aromatic rings. The summed E-state index contributed by atoms with van der Waals surface area (Å²) in [6.45, 7) is 2.67. The fourth-order valence-electron chi connectivity index (χ4n) is 2.95. The van der Waals surface area contributed by atoms with Crippen molar-refractivity contribution < 1.29 is 4.79 Å². The lowest BCUT2D eigenvalue weighted by Gasteiger charge is -2.38. The maximum Gasteiger partial charge on any atom is 0.221 e. The van der Waals surface area contributed by atoms with Gasteiger partial charge in [0.1, 0.15) is 0 Å². The molecule has 20 heavy (non-hydrogen) atoms. The number of hydrogen-bond acceptors (Lipinski definition) is 4. The number of amides is 1. The van der Waals surface area contributed by atoms with Gasteiger partial charge in [0.2, 0.25) is 5.91 Å². The highest BCUT2D eigenvalue weighted by Gasteiger charge is 2.31. The van der Waals surface area contributed by atoms with E-state index in [9.17, 15) is 4.79 Å². The molecule has 4 nitrogen and oxygen atoms in total. The van der Waals surface area contributed by atoms with E-state index in [1.165, 1.54) is 17.7 Å². The molecule has 1 aliphatic rings. The average Bonchev–Trinajstić information content (AvgIpc) is 2.96. The maximum atomic E-state index is 11.8. The van der Waals surface area contributed by atoms with Crippen LogP contribution in [0.5, 0.6) is 0 Å². The summed E-state index contributed by atoms with van der Waals surface area (Å²) in [5, 5.41) is 8.25. The first-order valence-corrected chi connectivity index (χ1v) is 8.25. The van der Waals surface area contributed by atoms with Crippen molar-refractivity contribution in [3.8, 4) is 0 Å². The number of rotatable bonds is 6. The van der Waals surface area contributed by atoms with Crippen molar-refractivity contribution in [1.29, 1.82) is 0 Å². The van der Waals surface area contributed by atoms with E-state index in [2.05, 4.69) is 40.1 Å². The first kappa shape index (κ1) is 15.5. The zero-order valence-corrected chi connectivity index (χ0v) is 13.2. The number of carbonyl (C=O) groups is 1. The molecule has 0 aliphatic carbocycles. The van der Waals surface area contributed by atoms with Crippen LogP contribution in [0.1, 0.15) is 30.2 Å². The number of nitrogens with zero attached hydrogens (tertiary/aromatic N) is 1. The first-order chi connectivity index (χ1) is 9.72. The van der Waals surface area contributed by atoms with Crippen LogP contribution >= 0.6 is 11.3 Å². The molecule has 1 fully saturated rings. The molecule has 0 radical (unpaired) electrons. The lowest BCUT2D eigenvalue weighted by atomic mass is 9.88. The van der Waals surface area contributed by atoms with Crippen LogP contribution in [0.3, 0.4) is 0 Å². The van der Waals surface area contributed by atoms with Crippen molar-refractivity contribution in [3.63, 3.8) is 0 Å². The third kappa shape index (κ3) is 4.04.